The van der Waals surface area contributed by atoms with Crippen LogP contribution in [0, 0.1) is 0 Å². The van der Waals surface area contributed by atoms with Crippen LogP contribution in [0.1, 0.15) is 11.3 Å². The Kier molecular flexibility index (Phi) is 4.40. The second-order valence-corrected chi connectivity index (χ2v) is 8.20. The Hall–Kier alpha value is -1.21. The Labute approximate surface area is 128 Å². The van der Waals surface area contributed by atoms with Crippen molar-refractivity contribution in [2.24, 2.45) is 0 Å². The highest BCUT2D eigenvalue weighted by Crippen LogP contribution is 2.28. The lowest BCUT2D eigenvalue weighted by molar-refractivity contribution is 0.198. The van der Waals surface area contributed by atoms with Gasteiger partial charge in [-0.1, -0.05) is 30.3 Å². The van der Waals surface area contributed by atoms with Gasteiger partial charge in [-0.15, -0.1) is 11.3 Å². The molecule has 112 valence electrons. The molecule has 1 aliphatic rings. The van der Waals surface area contributed by atoms with E-state index in [0.717, 1.165) is 15.3 Å². The third-order valence-electron chi connectivity index (χ3n) is 3.49. The van der Waals surface area contributed by atoms with Crippen LogP contribution in [0.4, 0.5) is 0 Å². The summed E-state index contributed by atoms with van der Waals surface area (Å²) in [6.45, 7) is 1.17. The number of rotatable bonds is 5. The Morgan fingerprint density at radius 3 is 2.71 bits per heavy atom. The second kappa shape index (κ2) is 6.27. The second-order valence-electron chi connectivity index (χ2n) is 4.98. The van der Waals surface area contributed by atoms with Crippen LogP contribution in [-0.4, -0.2) is 26.9 Å². The van der Waals surface area contributed by atoms with Gasteiger partial charge in [0.1, 0.15) is 5.25 Å². The number of hydrogen-bond donors (Lipinski definition) is 1. The smallest absolute Gasteiger partial charge is 0.217 e. The monoisotopic (exact) mass is 323 g/mol. The molecule has 2 aromatic rings. The minimum atomic E-state index is -3.28. The summed E-state index contributed by atoms with van der Waals surface area (Å²) < 4.78 is 32.0. The van der Waals surface area contributed by atoms with Crippen molar-refractivity contribution < 1.29 is 13.2 Å². The molecule has 0 amide bonds. The zero-order valence-electron chi connectivity index (χ0n) is 11.5. The predicted octanol–water partition coefficient (Wildman–Crippen LogP) is 2.62. The maximum Gasteiger partial charge on any atom is 0.217 e. The minimum absolute atomic E-state index is 0.301. The van der Waals surface area contributed by atoms with Gasteiger partial charge in [-0.25, -0.2) is 13.1 Å². The normalized spacial score (nSPS) is 19.0. The molecule has 1 N–H and O–H groups in total. The van der Waals surface area contributed by atoms with Gasteiger partial charge < -0.3 is 4.74 Å². The van der Waals surface area contributed by atoms with E-state index >= 15 is 0 Å². The van der Waals surface area contributed by atoms with Crippen molar-refractivity contribution in [3.63, 3.8) is 0 Å². The molecule has 0 radical (unpaired) electrons. The first kappa shape index (κ1) is 14.7. The average molecular weight is 323 g/mol. The lowest BCUT2D eigenvalue weighted by Crippen LogP contribution is -2.34. The van der Waals surface area contributed by atoms with Crippen molar-refractivity contribution in [2.45, 2.75) is 18.2 Å². The van der Waals surface area contributed by atoms with E-state index in [0.29, 0.717) is 26.2 Å². The highest BCUT2D eigenvalue weighted by molar-refractivity contribution is 7.90. The van der Waals surface area contributed by atoms with Crippen LogP contribution in [0.3, 0.4) is 0 Å². The Balaban J connectivity index is 1.65. The standard InChI is InChI=1S/C15H17NO3S2/c17-21(18,14-8-9-19-11-14)16-10-13-6-7-15(20-13)12-4-2-1-3-5-12/h1-7,14,16H,8-11H2. The number of ether oxygens (including phenoxy) is 1. The molecule has 0 spiro atoms. The van der Waals surface area contributed by atoms with Crippen molar-refractivity contribution >= 4 is 21.4 Å². The highest BCUT2D eigenvalue weighted by Gasteiger charge is 2.29. The van der Waals surface area contributed by atoms with Crippen LogP contribution in [0.15, 0.2) is 42.5 Å². The van der Waals surface area contributed by atoms with E-state index in [1.54, 1.807) is 11.3 Å². The molecular formula is C15H17NO3S2. The van der Waals surface area contributed by atoms with Gasteiger partial charge in [-0.05, 0) is 24.1 Å². The fraction of sp³-hybridized carbons (Fsp3) is 0.333. The van der Waals surface area contributed by atoms with E-state index in [1.807, 2.05) is 30.3 Å². The van der Waals surface area contributed by atoms with Gasteiger partial charge in [0.05, 0.1) is 6.61 Å². The summed E-state index contributed by atoms with van der Waals surface area (Å²) in [5.74, 6) is 0. The molecule has 4 nitrogen and oxygen atoms in total. The summed E-state index contributed by atoms with van der Waals surface area (Å²) in [6, 6.07) is 14.1. The Morgan fingerprint density at radius 2 is 2.00 bits per heavy atom. The molecule has 1 aromatic heterocycles. The maximum absolute atomic E-state index is 12.1. The van der Waals surface area contributed by atoms with Crippen molar-refractivity contribution in [2.75, 3.05) is 13.2 Å². The topological polar surface area (TPSA) is 55.4 Å². The molecule has 2 heterocycles. The van der Waals surface area contributed by atoms with Crippen LogP contribution in [-0.2, 0) is 21.3 Å². The average Bonchev–Trinajstić information content (AvgIpc) is 3.18. The van der Waals surface area contributed by atoms with E-state index in [2.05, 4.69) is 16.9 Å². The zero-order chi connectivity index (χ0) is 14.7. The third kappa shape index (κ3) is 3.52. The first-order valence-electron chi connectivity index (χ1n) is 6.85. The fourth-order valence-electron chi connectivity index (χ4n) is 2.28. The Bertz CT molecular complexity index is 689. The molecule has 1 aliphatic heterocycles. The van der Waals surface area contributed by atoms with Gasteiger partial charge >= 0.3 is 0 Å². The molecule has 1 aromatic carbocycles. The van der Waals surface area contributed by atoms with Gasteiger partial charge in [-0.3, -0.25) is 0 Å². The number of hydrogen-bond acceptors (Lipinski definition) is 4. The lowest BCUT2D eigenvalue weighted by Gasteiger charge is -2.10. The van der Waals surface area contributed by atoms with Crippen LogP contribution in [0.25, 0.3) is 10.4 Å². The first-order valence-corrected chi connectivity index (χ1v) is 9.22. The summed E-state index contributed by atoms with van der Waals surface area (Å²) in [4.78, 5) is 2.16. The third-order valence-corrected chi connectivity index (χ3v) is 6.42. The highest BCUT2D eigenvalue weighted by atomic mass is 32.2. The van der Waals surface area contributed by atoms with Gasteiger partial charge in [0.25, 0.3) is 0 Å². The first-order chi connectivity index (χ1) is 10.1. The summed E-state index contributed by atoms with van der Waals surface area (Å²) in [7, 11) is -3.28. The van der Waals surface area contributed by atoms with Gasteiger partial charge in [0.15, 0.2) is 0 Å². The molecule has 1 saturated heterocycles. The van der Waals surface area contributed by atoms with Gasteiger partial charge in [0.2, 0.25) is 10.0 Å². The fourth-order valence-corrected chi connectivity index (χ4v) is 4.60. The van der Waals surface area contributed by atoms with Crippen LogP contribution >= 0.6 is 11.3 Å². The SMILES string of the molecule is O=S(=O)(NCc1ccc(-c2ccccc2)s1)C1CCOC1. The summed E-state index contributed by atoms with van der Waals surface area (Å²) in [5, 5.41) is -0.411. The van der Waals surface area contributed by atoms with Crippen LogP contribution in [0.5, 0.6) is 0 Å². The summed E-state index contributed by atoms with van der Waals surface area (Å²) in [5.41, 5.74) is 1.15. The molecule has 0 saturated carbocycles. The molecular weight excluding hydrogens is 306 g/mol. The molecule has 0 bridgehead atoms. The van der Waals surface area contributed by atoms with Gasteiger partial charge in [0, 0.05) is 22.9 Å². The quantitative estimate of drug-likeness (QED) is 0.920. The summed E-state index contributed by atoms with van der Waals surface area (Å²) >= 11 is 1.61. The predicted molar refractivity (Wildman–Crippen MR) is 84.7 cm³/mol. The van der Waals surface area contributed by atoms with E-state index in [9.17, 15) is 8.42 Å². The van der Waals surface area contributed by atoms with Gasteiger partial charge in [-0.2, -0.15) is 0 Å². The minimum Gasteiger partial charge on any atom is -0.380 e. The number of nitrogens with one attached hydrogen (secondary N) is 1. The van der Waals surface area contributed by atoms with Crippen molar-refractivity contribution in [1.29, 1.82) is 0 Å². The van der Waals surface area contributed by atoms with E-state index in [1.165, 1.54) is 0 Å². The van der Waals surface area contributed by atoms with E-state index in [-0.39, 0.29) is 0 Å². The zero-order valence-corrected chi connectivity index (χ0v) is 13.1. The molecule has 6 heteroatoms. The van der Waals surface area contributed by atoms with E-state index in [4.69, 9.17) is 4.74 Å². The van der Waals surface area contributed by atoms with Crippen molar-refractivity contribution in [1.82, 2.24) is 4.72 Å². The molecule has 21 heavy (non-hydrogen) atoms. The number of sulfonamides is 1. The molecule has 1 unspecified atom stereocenters. The van der Waals surface area contributed by atoms with Crippen LogP contribution in [0.2, 0.25) is 0 Å². The molecule has 1 fully saturated rings. The molecule has 1 atom stereocenters. The van der Waals surface area contributed by atoms with Crippen LogP contribution < -0.4 is 4.72 Å². The molecule has 0 aliphatic carbocycles. The number of benzene rings is 1. The maximum atomic E-state index is 12.1. The molecule has 3 rings (SSSR count). The Morgan fingerprint density at radius 1 is 1.19 bits per heavy atom. The summed E-state index contributed by atoms with van der Waals surface area (Å²) in [6.07, 6.45) is 0.578. The lowest BCUT2D eigenvalue weighted by atomic mass is 10.2. The van der Waals surface area contributed by atoms with Crippen molar-refractivity contribution in [3.05, 3.63) is 47.3 Å². The van der Waals surface area contributed by atoms with E-state index < -0.39 is 15.3 Å². The van der Waals surface area contributed by atoms with Crippen molar-refractivity contribution in [3.8, 4) is 10.4 Å². The number of thiophene rings is 1. The largest absolute Gasteiger partial charge is 0.380 e.